The number of carbonyl (C=O) groups excluding carboxylic acids is 4. The van der Waals surface area contributed by atoms with Crippen molar-refractivity contribution >= 4 is 40.7 Å². The number of carbonyl (C=O) groups is 4. The minimum absolute atomic E-state index is 0.0306. The fourth-order valence-electron chi connectivity index (χ4n) is 4.55. The lowest BCUT2D eigenvalue weighted by Gasteiger charge is -2.15. The number of Topliss-reactive ketones (excluding diaryl/α,β-unsaturated/α-hetero) is 1. The Bertz CT molecular complexity index is 1590. The van der Waals surface area contributed by atoms with Crippen molar-refractivity contribution < 1.29 is 33.7 Å². The van der Waals surface area contributed by atoms with Crippen molar-refractivity contribution in [3.8, 4) is 5.69 Å². The van der Waals surface area contributed by atoms with Crippen molar-refractivity contribution in [3.63, 3.8) is 0 Å². The highest BCUT2D eigenvalue weighted by Gasteiger charge is 2.58. The number of fused-ring (bicyclic) bond motifs is 1. The van der Waals surface area contributed by atoms with E-state index in [1.54, 1.807) is 26.0 Å². The van der Waals surface area contributed by atoms with Crippen molar-refractivity contribution in [1.29, 1.82) is 0 Å². The van der Waals surface area contributed by atoms with E-state index >= 15 is 0 Å². The maximum atomic E-state index is 13.8. The molecule has 1 fully saturated rings. The van der Waals surface area contributed by atoms with Crippen LogP contribution in [-0.2, 0) is 19.2 Å². The zero-order chi connectivity index (χ0) is 28.0. The third kappa shape index (κ3) is 4.13. The lowest BCUT2D eigenvalue weighted by Crippen LogP contribution is -2.34. The number of nitro groups is 1. The van der Waals surface area contributed by atoms with E-state index in [0.29, 0.717) is 5.69 Å². The number of aromatic nitrogens is 2. The van der Waals surface area contributed by atoms with Gasteiger partial charge < -0.3 is 9.57 Å². The summed E-state index contributed by atoms with van der Waals surface area (Å²) < 4.78 is 6.52. The van der Waals surface area contributed by atoms with Gasteiger partial charge in [-0.1, -0.05) is 28.9 Å². The molecule has 0 saturated carbocycles. The molecule has 13 heteroatoms. The average molecular weight is 531 g/mol. The molecule has 1 saturated heterocycles. The second-order valence-electron chi connectivity index (χ2n) is 8.88. The van der Waals surface area contributed by atoms with Gasteiger partial charge in [0.1, 0.15) is 11.6 Å². The average Bonchev–Trinajstić information content (AvgIpc) is 3.57. The molecule has 2 amide bonds. The maximum absolute atomic E-state index is 13.8. The van der Waals surface area contributed by atoms with Crippen LogP contribution in [0, 0.1) is 29.9 Å². The molecule has 0 bridgehead atoms. The first-order valence-corrected chi connectivity index (χ1v) is 11.9. The largest absolute Gasteiger partial charge is 0.461 e. The van der Waals surface area contributed by atoms with E-state index in [4.69, 9.17) is 9.57 Å². The number of hydrogen-bond donors (Lipinski definition) is 0. The highest BCUT2D eigenvalue weighted by molar-refractivity contribution is 6.53. The Labute approximate surface area is 220 Å². The number of rotatable bonds is 7. The molecule has 198 valence electrons. The molecule has 0 radical (unpaired) electrons. The van der Waals surface area contributed by atoms with Crippen LogP contribution >= 0.6 is 0 Å². The van der Waals surface area contributed by atoms with Gasteiger partial charge in [0, 0.05) is 12.1 Å². The summed E-state index contributed by atoms with van der Waals surface area (Å²) in [5.41, 5.74) is 0.674. The van der Waals surface area contributed by atoms with E-state index in [0.717, 1.165) is 16.5 Å². The number of non-ortho nitro benzene ring substituents is 1. The van der Waals surface area contributed by atoms with Crippen molar-refractivity contribution in [1.82, 2.24) is 9.78 Å². The van der Waals surface area contributed by atoms with E-state index in [2.05, 4.69) is 10.3 Å². The van der Waals surface area contributed by atoms with Gasteiger partial charge in [-0.25, -0.2) is 14.4 Å². The minimum atomic E-state index is -1.44. The van der Waals surface area contributed by atoms with Gasteiger partial charge >= 0.3 is 5.97 Å². The summed E-state index contributed by atoms with van der Waals surface area (Å²) in [4.78, 5) is 69.6. The molecule has 0 spiro atoms. The fourth-order valence-corrected chi connectivity index (χ4v) is 4.55. The highest BCUT2D eigenvalue weighted by atomic mass is 16.7. The summed E-state index contributed by atoms with van der Waals surface area (Å²) in [7, 11) is 0. The zero-order valence-electron chi connectivity index (χ0n) is 21.0. The smallest absolute Gasteiger partial charge is 0.359 e. The molecule has 2 aliphatic rings. The molecule has 1 aromatic heterocycles. The molecule has 2 atom stereocenters. The standard InChI is InChI=1S/C26H21N5O8/c1-4-38-26(35)21-18(14(3)30(27-21)15-10-8-13(2)9-11-15)22(32)20-19-23(39-28-20)25(34)29(24(19)33)16-6-5-7-17(12-16)31(36)37/h5-12,19,23H,4H2,1-3H3. The van der Waals surface area contributed by atoms with Gasteiger partial charge in [0.05, 0.1) is 34.2 Å². The molecule has 0 aliphatic carbocycles. The number of anilines is 1. The Kier molecular flexibility index (Phi) is 6.26. The monoisotopic (exact) mass is 531 g/mol. The number of oxime groups is 1. The van der Waals surface area contributed by atoms with Gasteiger partial charge in [-0.3, -0.25) is 24.5 Å². The molecule has 5 rings (SSSR count). The quantitative estimate of drug-likeness (QED) is 0.147. The van der Waals surface area contributed by atoms with E-state index in [-0.39, 0.29) is 40.6 Å². The van der Waals surface area contributed by atoms with E-state index in [1.165, 1.54) is 22.9 Å². The van der Waals surface area contributed by atoms with Crippen molar-refractivity contribution in [2.24, 2.45) is 11.1 Å². The molecule has 39 heavy (non-hydrogen) atoms. The van der Waals surface area contributed by atoms with Crippen LogP contribution in [-0.4, -0.2) is 56.7 Å². The van der Waals surface area contributed by atoms with Crippen LogP contribution in [0.4, 0.5) is 11.4 Å². The number of imide groups is 1. The normalized spacial score (nSPS) is 18.0. The maximum Gasteiger partial charge on any atom is 0.359 e. The van der Waals surface area contributed by atoms with Crippen LogP contribution in [0.25, 0.3) is 5.69 Å². The van der Waals surface area contributed by atoms with Gasteiger partial charge in [0.15, 0.2) is 5.69 Å². The van der Waals surface area contributed by atoms with Crippen LogP contribution in [0.3, 0.4) is 0 Å². The van der Waals surface area contributed by atoms with Crippen LogP contribution in [0.5, 0.6) is 0 Å². The number of amides is 2. The van der Waals surface area contributed by atoms with Gasteiger partial charge in [-0.2, -0.15) is 5.10 Å². The topological polar surface area (TPSA) is 163 Å². The molecular weight excluding hydrogens is 510 g/mol. The zero-order valence-corrected chi connectivity index (χ0v) is 21.0. The predicted molar refractivity (Wildman–Crippen MR) is 135 cm³/mol. The third-order valence-electron chi connectivity index (χ3n) is 6.43. The Morgan fingerprint density at radius 3 is 2.46 bits per heavy atom. The summed E-state index contributed by atoms with van der Waals surface area (Å²) >= 11 is 0. The highest BCUT2D eigenvalue weighted by Crippen LogP contribution is 2.36. The van der Waals surface area contributed by atoms with Gasteiger partial charge in [-0.15, -0.1) is 0 Å². The summed E-state index contributed by atoms with van der Waals surface area (Å²) in [6, 6.07) is 12.2. The predicted octanol–water partition coefficient (Wildman–Crippen LogP) is 2.70. The lowest BCUT2D eigenvalue weighted by molar-refractivity contribution is -0.384. The first kappa shape index (κ1) is 25.4. The summed E-state index contributed by atoms with van der Waals surface area (Å²) in [5.74, 6) is -4.76. The second-order valence-corrected chi connectivity index (χ2v) is 8.88. The molecule has 13 nitrogen and oxygen atoms in total. The number of aryl methyl sites for hydroxylation is 1. The van der Waals surface area contributed by atoms with Crippen molar-refractivity contribution in [2.45, 2.75) is 26.9 Å². The molecule has 3 heterocycles. The summed E-state index contributed by atoms with van der Waals surface area (Å²) in [6.07, 6.45) is -1.44. The van der Waals surface area contributed by atoms with E-state index in [1.807, 2.05) is 19.1 Å². The second kappa shape index (κ2) is 9.59. The number of hydrogen-bond acceptors (Lipinski definition) is 10. The van der Waals surface area contributed by atoms with Gasteiger partial charge in [0.2, 0.25) is 17.8 Å². The number of ketones is 1. The van der Waals surface area contributed by atoms with Gasteiger partial charge in [-0.05, 0) is 39.0 Å². The number of nitrogens with zero attached hydrogens (tertiary/aromatic N) is 5. The first-order valence-electron chi connectivity index (χ1n) is 11.9. The Morgan fingerprint density at radius 2 is 1.79 bits per heavy atom. The summed E-state index contributed by atoms with van der Waals surface area (Å²) in [6.45, 7) is 5.12. The van der Waals surface area contributed by atoms with Crippen LogP contribution in [0.2, 0.25) is 0 Å². The Morgan fingerprint density at radius 1 is 1.08 bits per heavy atom. The number of nitro benzene ring substituents is 1. The van der Waals surface area contributed by atoms with Crippen molar-refractivity contribution in [3.05, 3.63) is 81.2 Å². The SMILES string of the molecule is CCOC(=O)c1nn(-c2ccc(C)cc2)c(C)c1C(=O)C1=NOC2C(=O)N(c3cccc([N+](=O)[O-])c3)C(=O)C12. The molecule has 2 aliphatic heterocycles. The number of ether oxygens (including phenoxy) is 1. The Hall–Kier alpha value is -5.20. The third-order valence-corrected chi connectivity index (χ3v) is 6.43. The molecule has 3 aromatic rings. The molecular formula is C26H21N5O8. The van der Waals surface area contributed by atoms with Gasteiger partial charge in [0.25, 0.3) is 11.6 Å². The lowest BCUT2D eigenvalue weighted by atomic mass is 9.92. The van der Waals surface area contributed by atoms with Crippen LogP contribution in [0.15, 0.2) is 53.7 Å². The van der Waals surface area contributed by atoms with E-state index in [9.17, 15) is 29.3 Å². The fraction of sp³-hybridized carbons (Fsp3) is 0.231. The minimum Gasteiger partial charge on any atom is -0.461 e. The molecule has 2 unspecified atom stereocenters. The number of benzene rings is 2. The van der Waals surface area contributed by atoms with Crippen LogP contribution in [0.1, 0.15) is 39.0 Å². The van der Waals surface area contributed by atoms with Crippen molar-refractivity contribution in [2.75, 3.05) is 11.5 Å². The molecule has 0 N–H and O–H groups in total. The van der Waals surface area contributed by atoms with E-state index < -0.39 is 40.5 Å². The van der Waals surface area contributed by atoms with Crippen LogP contribution < -0.4 is 4.90 Å². The Balaban J connectivity index is 1.54. The summed E-state index contributed by atoms with van der Waals surface area (Å²) in [5, 5.41) is 19.3. The first-order chi connectivity index (χ1) is 18.6. The molecule has 2 aromatic carbocycles. The number of esters is 1.